The Morgan fingerprint density at radius 2 is 1.92 bits per heavy atom. The molecular formula is C16H14N2O6. The molecule has 1 atom stereocenters. The monoisotopic (exact) mass is 330 g/mol. The molecule has 0 aliphatic carbocycles. The smallest absolute Gasteiger partial charge is 0.335 e. The molecule has 0 radical (unpaired) electrons. The third kappa shape index (κ3) is 4.07. The van der Waals surface area contributed by atoms with E-state index in [1.807, 2.05) is 0 Å². The number of carbonyl (C=O) groups excluding carboxylic acids is 1. The van der Waals surface area contributed by atoms with Crippen LogP contribution in [0, 0.1) is 10.1 Å². The summed E-state index contributed by atoms with van der Waals surface area (Å²) in [6.07, 6.45) is -1.01. The van der Waals surface area contributed by atoms with Crippen LogP contribution in [0.15, 0.2) is 48.5 Å². The summed E-state index contributed by atoms with van der Waals surface area (Å²) in [6.45, 7) is 1.44. The summed E-state index contributed by atoms with van der Waals surface area (Å²) in [4.78, 5) is 33.4. The molecule has 124 valence electrons. The van der Waals surface area contributed by atoms with Crippen LogP contribution in [0.2, 0.25) is 0 Å². The molecule has 8 nitrogen and oxygen atoms in total. The SMILES string of the molecule is CC(Oc1ccccc1[N+](=O)[O-])C(=O)Nc1cccc(C(=O)O)c1. The zero-order valence-electron chi connectivity index (χ0n) is 12.6. The first-order valence-electron chi connectivity index (χ1n) is 6.93. The van der Waals surface area contributed by atoms with E-state index in [9.17, 15) is 19.7 Å². The van der Waals surface area contributed by atoms with E-state index in [0.29, 0.717) is 0 Å². The summed E-state index contributed by atoms with van der Waals surface area (Å²) >= 11 is 0. The van der Waals surface area contributed by atoms with Crippen LogP contribution in [0.1, 0.15) is 17.3 Å². The molecule has 0 aliphatic heterocycles. The number of carboxylic acids is 1. The van der Waals surface area contributed by atoms with Crippen LogP contribution in [0.5, 0.6) is 5.75 Å². The molecule has 0 aliphatic rings. The van der Waals surface area contributed by atoms with Crippen molar-refractivity contribution in [2.24, 2.45) is 0 Å². The minimum atomic E-state index is -1.12. The number of aromatic carboxylic acids is 1. The molecule has 0 spiro atoms. The van der Waals surface area contributed by atoms with Crippen molar-refractivity contribution in [2.45, 2.75) is 13.0 Å². The summed E-state index contributed by atoms with van der Waals surface area (Å²) in [5, 5.41) is 22.4. The highest BCUT2D eigenvalue weighted by molar-refractivity contribution is 5.96. The predicted octanol–water partition coefficient (Wildman–Crippen LogP) is 2.70. The van der Waals surface area contributed by atoms with Crippen LogP contribution in [-0.2, 0) is 4.79 Å². The normalized spacial score (nSPS) is 11.4. The summed E-state index contributed by atoms with van der Waals surface area (Å²) in [5.74, 6) is -1.70. The highest BCUT2D eigenvalue weighted by atomic mass is 16.6. The summed E-state index contributed by atoms with van der Waals surface area (Å²) < 4.78 is 5.35. The molecular weight excluding hydrogens is 316 g/mol. The molecule has 0 bridgehead atoms. The summed E-state index contributed by atoms with van der Waals surface area (Å²) in [5.41, 5.74) is 0.0722. The van der Waals surface area contributed by atoms with Gasteiger partial charge < -0.3 is 15.2 Å². The van der Waals surface area contributed by atoms with Crippen molar-refractivity contribution >= 4 is 23.3 Å². The van der Waals surface area contributed by atoms with Crippen LogP contribution in [0.25, 0.3) is 0 Å². The van der Waals surface area contributed by atoms with E-state index in [-0.39, 0.29) is 22.7 Å². The molecule has 2 N–H and O–H groups in total. The fraction of sp³-hybridized carbons (Fsp3) is 0.125. The number of nitro benzene ring substituents is 1. The van der Waals surface area contributed by atoms with Crippen LogP contribution in [0.4, 0.5) is 11.4 Å². The van der Waals surface area contributed by atoms with Gasteiger partial charge in [-0.05, 0) is 31.2 Å². The number of nitro groups is 1. The predicted molar refractivity (Wildman–Crippen MR) is 85.2 cm³/mol. The van der Waals surface area contributed by atoms with Crippen molar-refractivity contribution < 1.29 is 24.4 Å². The molecule has 0 saturated heterocycles. The number of nitrogens with zero attached hydrogens (tertiary/aromatic N) is 1. The Kier molecular flexibility index (Phi) is 5.10. The number of ether oxygens (including phenoxy) is 1. The number of hydrogen-bond donors (Lipinski definition) is 2. The Balaban J connectivity index is 2.09. The maximum absolute atomic E-state index is 12.1. The minimum Gasteiger partial charge on any atom is -0.478 e. The second-order valence-corrected chi connectivity index (χ2v) is 4.86. The zero-order chi connectivity index (χ0) is 17.7. The highest BCUT2D eigenvalue weighted by Crippen LogP contribution is 2.27. The van der Waals surface area contributed by atoms with Gasteiger partial charge in [-0.1, -0.05) is 18.2 Å². The molecule has 2 aromatic carbocycles. The number of amides is 1. The Hall–Kier alpha value is -3.42. The van der Waals surface area contributed by atoms with Gasteiger partial charge in [-0.15, -0.1) is 0 Å². The number of nitrogens with one attached hydrogen (secondary N) is 1. The second kappa shape index (κ2) is 7.23. The standard InChI is InChI=1S/C16H14N2O6/c1-10(24-14-8-3-2-7-13(14)18(22)23)15(19)17-12-6-4-5-11(9-12)16(20)21/h2-10H,1H3,(H,17,19)(H,20,21). The summed E-state index contributed by atoms with van der Waals surface area (Å²) in [6, 6.07) is 11.4. The van der Waals surface area contributed by atoms with E-state index < -0.39 is 22.9 Å². The maximum Gasteiger partial charge on any atom is 0.335 e. The molecule has 0 saturated carbocycles. The number of carbonyl (C=O) groups is 2. The molecule has 2 aromatic rings. The fourth-order valence-corrected chi connectivity index (χ4v) is 1.93. The minimum absolute atomic E-state index is 0.0237. The highest BCUT2D eigenvalue weighted by Gasteiger charge is 2.20. The Morgan fingerprint density at radius 3 is 2.58 bits per heavy atom. The third-order valence-electron chi connectivity index (χ3n) is 3.11. The van der Waals surface area contributed by atoms with Gasteiger partial charge in [0.25, 0.3) is 5.91 Å². The van der Waals surface area contributed by atoms with Crippen LogP contribution in [0.3, 0.4) is 0 Å². The van der Waals surface area contributed by atoms with Gasteiger partial charge in [-0.3, -0.25) is 14.9 Å². The van der Waals surface area contributed by atoms with E-state index in [0.717, 1.165) is 0 Å². The lowest BCUT2D eigenvalue weighted by Crippen LogP contribution is -2.30. The lowest BCUT2D eigenvalue weighted by Gasteiger charge is -2.14. The number of anilines is 1. The van der Waals surface area contributed by atoms with Crippen LogP contribution >= 0.6 is 0 Å². The lowest BCUT2D eigenvalue weighted by atomic mass is 10.2. The van der Waals surface area contributed by atoms with Crippen LogP contribution in [-0.4, -0.2) is 28.0 Å². The quantitative estimate of drug-likeness (QED) is 0.621. The summed E-state index contributed by atoms with van der Waals surface area (Å²) in [7, 11) is 0. The van der Waals surface area contributed by atoms with Crippen LogP contribution < -0.4 is 10.1 Å². The molecule has 1 unspecified atom stereocenters. The van der Waals surface area contributed by atoms with Crippen molar-refractivity contribution in [3.63, 3.8) is 0 Å². The maximum atomic E-state index is 12.1. The lowest BCUT2D eigenvalue weighted by molar-refractivity contribution is -0.386. The van der Waals surface area contributed by atoms with E-state index in [4.69, 9.17) is 9.84 Å². The van der Waals surface area contributed by atoms with E-state index in [1.165, 1.54) is 49.4 Å². The van der Waals surface area contributed by atoms with Crippen molar-refractivity contribution in [3.05, 3.63) is 64.2 Å². The van der Waals surface area contributed by atoms with Gasteiger partial charge in [0.05, 0.1) is 10.5 Å². The first-order valence-corrected chi connectivity index (χ1v) is 6.93. The van der Waals surface area contributed by atoms with Gasteiger partial charge in [0.1, 0.15) is 0 Å². The number of benzene rings is 2. The first-order chi connectivity index (χ1) is 11.4. The Labute approximate surface area is 136 Å². The van der Waals surface area contributed by atoms with Gasteiger partial charge >= 0.3 is 11.7 Å². The molecule has 0 fully saturated rings. The topological polar surface area (TPSA) is 119 Å². The largest absolute Gasteiger partial charge is 0.478 e. The average Bonchev–Trinajstić information content (AvgIpc) is 2.55. The number of hydrogen-bond acceptors (Lipinski definition) is 5. The van der Waals surface area contributed by atoms with Gasteiger partial charge in [0.2, 0.25) is 0 Å². The third-order valence-corrected chi connectivity index (χ3v) is 3.11. The molecule has 8 heteroatoms. The molecule has 24 heavy (non-hydrogen) atoms. The number of carboxylic acid groups (broad SMARTS) is 1. The van der Waals surface area contributed by atoms with Gasteiger partial charge in [-0.25, -0.2) is 4.79 Å². The van der Waals surface area contributed by atoms with Gasteiger partial charge in [-0.2, -0.15) is 0 Å². The second-order valence-electron chi connectivity index (χ2n) is 4.86. The number of para-hydroxylation sites is 2. The molecule has 0 heterocycles. The van der Waals surface area contributed by atoms with E-state index in [2.05, 4.69) is 5.32 Å². The first kappa shape index (κ1) is 16.9. The molecule has 2 rings (SSSR count). The van der Waals surface area contributed by atoms with Crippen molar-refractivity contribution in [2.75, 3.05) is 5.32 Å². The number of rotatable bonds is 6. The van der Waals surface area contributed by atoms with Gasteiger partial charge in [0.15, 0.2) is 11.9 Å². The van der Waals surface area contributed by atoms with Crippen molar-refractivity contribution in [3.8, 4) is 5.75 Å². The zero-order valence-corrected chi connectivity index (χ0v) is 12.6. The van der Waals surface area contributed by atoms with E-state index >= 15 is 0 Å². The molecule has 1 amide bonds. The Morgan fingerprint density at radius 1 is 1.21 bits per heavy atom. The van der Waals surface area contributed by atoms with E-state index in [1.54, 1.807) is 6.07 Å². The van der Waals surface area contributed by atoms with Crippen molar-refractivity contribution in [1.29, 1.82) is 0 Å². The van der Waals surface area contributed by atoms with Gasteiger partial charge in [0, 0.05) is 11.8 Å². The molecule has 0 aromatic heterocycles. The fourth-order valence-electron chi connectivity index (χ4n) is 1.93. The van der Waals surface area contributed by atoms with Crippen molar-refractivity contribution in [1.82, 2.24) is 0 Å². The average molecular weight is 330 g/mol. The Bertz CT molecular complexity index is 790.